The summed E-state index contributed by atoms with van der Waals surface area (Å²) in [5.41, 5.74) is 2.46. The van der Waals surface area contributed by atoms with Crippen LogP contribution in [0.4, 0.5) is 18.3 Å². The Morgan fingerprint density at radius 2 is 2.00 bits per heavy atom. The molecule has 0 bridgehead atoms. The highest BCUT2D eigenvalue weighted by Gasteiger charge is 2.38. The van der Waals surface area contributed by atoms with Gasteiger partial charge in [0.15, 0.2) is 5.71 Å². The van der Waals surface area contributed by atoms with E-state index in [2.05, 4.69) is 15.5 Å². The molecule has 1 N–H and O–H groups in total. The van der Waals surface area contributed by atoms with Crippen molar-refractivity contribution in [1.82, 2.24) is 4.98 Å². The molecule has 5 nitrogen and oxygen atoms in total. The number of esters is 1. The van der Waals surface area contributed by atoms with Gasteiger partial charge in [-0.1, -0.05) is 30.3 Å². The summed E-state index contributed by atoms with van der Waals surface area (Å²) in [7, 11) is 0. The van der Waals surface area contributed by atoms with Crippen LogP contribution in [0.2, 0.25) is 0 Å². The number of nitrogens with zero attached hydrogens (tertiary/aromatic N) is 2. The van der Waals surface area contributed by atoms with Crippen molar-refractivity contribution in [2.45, 2.75) is 32.5 Å². The molecular formula is C16H16F3N3O2S. The maximum Gasteiger partial charge on any atom is 0.431 e. The fourth-order valence-corrected chi connectivity index (χ4v) is 2.49. The summed E-state index contributed by atoms with van der Waals surface area (Å²) in [4.78, 5) is 15.6. The quantitative estimate of drug-likeness (QED) is 0.462. The van der Waals surface area contributed by atoms with E-state index < -0.39 is 30.4 Å². The third-order valence-electron chi connectivity index (χ3n) is 2.87. The molecule has 1 aromatic heterocycles. The Kier molecular flexibility index (Phi) is 6.13. The number of rotatable bonds is 6. The number of halogens is 3. The topological polar surface area (TPSA) is 63.6 Å². The van der Waals surface area contributed by atoms with Crippen LogP contribution in [0.15, 0.2) is 40.8 Å². The van der Waals surface area contributed by atoms with Crippen LogP contribution in [0.1, 0.15) is 20.3 Å². The molecule has 1 aromatic carbocycles. The number of hydrogen-bond donors (Lipinski definition) is 1. The predicted octanol–water partition coefficient (Wildman–Crippen LogP) is 4.48. The number of carbonyl (C=O) groups is 1. The molecule has 1 heterocycles. The molecule has 25 heavy (non-hydrogen) atoms. The lowest BCUT2D eigenvalue weighted by molar-refractivity contribution is -0.146. The number of anilines is 1. The van der Waals surface area contributed by atoms with Gasteiger partial charge in [0, 0.05) is 10.9 Å². The van der Waals surface area contributed by atoms with Crippen LogP contribution < -0.4 is 5.43 Å². The summed E-state index contributed by atoms with van der Waals surface area (Å²) in [6.07, 6.45) is -6.21. The van der Waals surface area contributed by atoms with Crippen LogP contribution >= 0.6 is 11.3 Å². The van der Waals surface area contributed by atoms with Crippen molar-refractivity contribution in [2.75, 3.05) is 5.43 Å². The molecule has 0 amide bonds. The molecule has 2 aromatic rings. The molecule has 134 valence electrons. The van der Waals surface area contributed by atoms with Gasteiger partial charge >= 0.3 is 12.1 Å². The molecule has 0 saturated heterocycles. The van der Waals surface area contributed by atoms with Crippen molar-refractivity contribution in [2.24, 2.45) is 5.10 Å². The Hall–Kier alpha value is -2.42. The van der Waals surface area contributed by atoms with Crippen molar-refractivity contribution < 1.29 is 22.7 Å². The lowest BCUT2D eigenvalue weighted by Gasteiger charge is -2.12. The number of alkyl halides is 3. The van der Waals surface area contributed by atoms with Gasteiger partial charge in [-0.25, -0.2) is 4.98 Å². The zero-order valence-electron chi connectivity index (χ0n) is 13.5. The molecular weight excluding hydrogens is 355 g/mol. The molecule has 0 aliphatic rings. The second-order valence-corrected chi connectivity index (χ2v) is 6.15. The van der Waals surface area contributed by atoms with Gasteiger partial charge in [-0.3, -0.25) is 10.2 Å². The number of hydrogen-bond acceptors (Lipinski definition) is 6. The second-order valence-electron chi connectivity index (χ2n) is 5.29. The molecule has 0 saturated carbocycles. The van der Waals surface area contributed by atoms with Crippen molar-refractivity contribution in [3.05, 3.63) is 35.7 Å². The summed E-state index contributed by atoms with van der Waals surface area (Å²) in [5.74, 6) is -0.989. The van der Waals surface area contributed by atoms with E-state index in [4.69, 9.17) is 4.74 Å². The van der Waals surface area contributed by atoms with Gasteiger partial charge in [0.2, 0.25) is 5.13 Å². The van der Waals surface area contributed by atoms with Gasteiger partial charge in [0.05, 0.1) is 18.2 Å². The molecule has 9 heteroatoms. The van der Waals surface area contributed by atoms with Crippen LogP contribution in [-0.2, 0) is 9.53 Å². The SMILES string of the molecule is CC(C)OC(=O)C/C(=N\Nc1nc(-c2ccccc2)cs1)C(F)(F)F. The van der Waals surface area contributed by atoms with Gasteiger partial charge in [-0.15, -0.1) is 11.3 Å². The fourth-order valence-electron chi connectivity index (χ4n) is 1.83. The summed E-state index contributed by atoms with van der Waals surface area (Å²) in [6.45, 7) is 3.11. The van der Waals surface area contributed by atoms with Gasteiger partial charge in [-0.05, 0) is 13.8 Å². The number of carbonyl (C=O) groups excluding carboxylic acids is 1. The minimum Gasteiger partial charge on any atom is -0.463 e. The maximum atomic E-state index is 13.0. The van der Waals surface area contributed by atoms with E-state index in [1.165, 1.54) is 0 Å². The van der Waals surface area contributed by atoms with E-state index in [-0.39, 0.29) is 5.13 Å². The van der Waals surface area contributed by atoms with Crippen LogP contribution in [0.5, 0.6) is 0 Å². The smallest absolute Gasteiger partial charge is 0.431 e. The predicted molar refractivity (Wildman–Crippen MR) is 90.5 cm³/mol. The first kappa shape index (κ1) is 18.9. The first-order valence-corrected chi connectivity index (χ1v) is 8.24. The first-order valence-electron chi connectivity index (χ1n) is 7.36. The van der Waals surface area contributed by atoms with Gasteiger partial charge in [-0.2, -0.15) is 18.3 Å². The highest BCUT2D eigenvalue weighted by molar-refractivity contribution is 7.14. The molecule has 0 aliphatic carbocycles. The average molecular weight is 371 g/mol. The Morgan fingerprint density at radius 1 is 1.32 bits per heavy atom. The summed E-state index contributed by atoms with van der Waals surface area (Å²) in [6, 6.07) is 9.20. The summed E-state index contributed by atoms with van der Waals surface area (Å²) < 4.78 is 43.7. The number of hydrazone groups is 1. The van der Waals surface area contributed by atoms with Gasteiger partial charge in [0.25, 0.3) is 0 Å². The number of aromatic nitrogens is 1. The standard InChI is InChI=1S/C16H16F3N3O2S/c1-10(2)24-14(23)8-13(16(17,18)19)21-22-15-20-12(9-25-15)11-6-4-3-5-7-11/h3-7,9-10H,8H2,1-2H3,(H,20,22)/b21-13+. The number of nitrogens with one attached hydrogen (secondary N) is 1. The number of thiazole rings is 1. The maximum absolute atomic E-state index is 13.0. The molecule has 0 radical (unpaired) electrons. The van der Waals surface area contributed by atoms with Crippen LogP contribution in [0.25, 0.3) is 11.3 Å². The zero-order chi connectivity index (χ0) is 18.4. The second kappa shape index (κ2) is 8.11. The molecule has 2 rings (SSSR count). The van der Waals surface area contributed by atoms with Crippen LogP contribution in [-0.4, -0.2) is 28.9 Å². The van der Waals surface area contributed by atoms with Crippen molar-refractivity contribution in [3.63, 3.8) is 0 Å². The minimum absolute atomic E-state index is 0.192. The molecule has 0 fully saturated rings. The van der Waals surface area contributed by atoms with Crippen molar-refractivity contribution >= 4 is 28.1 Å². The number of benzene rings is 1. The van der Waals surface area contributed by atoms with Crippen molar-refractivity contribution in [1.29, 1.82) is 0 Å². The summed E-state index contributed by atoms with van der Waals surface area (Å²) in [5, 5.41) is 5.20. The van der Waals surface area contributed by atoms with Gasteiger partial charge < -0.3 is 4.74 Å². The third-order valence-corrected chi connectivity index (χ3v) is 3.61. The highest BCUT2D eigenvalue weighted by Crippen LogP contribution is 2.25. The van der Waals surface area contributed by atoms with E-state index in [0.29, 0.717) is 5.69 Å². The van der Waals surface area contributed by atoms with E-state index in [0.717, 1.165) is 16.9 Å². The summed E-state index contributed by atoms with van der Waals surface area (Å²) >= 11 is 1.11. The van der Waals surface area contributed by atoms with Crippen molar-refractivity contribution in [3.8, 4) is 11.3 Å². The Balaban J connectivity index is 2.10. The highest BCUT2D eigenvalue weighted by atomic mass is 32.1. The largest absolute Gasteiger partial charge is 0.463 e. The van der Waals surface area contributed by atoms with E-state index in [1.54, 1.807) is 19.2 Å². The van der Waals surface area contributed by atoms with E-state index in [9.17, 15) is 18.0 Å². The molecule has 0 spiro atoms. The minimum atomic E-state index is -4.75. The lowest BCUT2D eigenvalue weighted by atomic mass is 10.2. The van der Waals surface area contributed by atoms with E-state index >= 15 is 0 Å². The monoisotopic (exact) mass is 371 g/mol. The number of ether oxygens (including phenoxy) is 1. The lowest BCUT2D eigenvalue weighted by Crippen LogP contribution is -2.28. The average Bonchev–Trinajstić information content (AvgIpc) is 2.99. The van der Waals surface area contributed by atoms with Crippen LogP contribution in [0, 0.1) is 0 Å². The third kappa shape index (κ3) is 5.86. The zero-order valence-corrected chi connectivity index (χ0v) is 14.3. The van der Waals surface area contributed by atoms with E-state index in [1.807, 2.05) is 30.3 Å². The first-order chi connectivity index (χ1) is 11.8. The van der Waals surface area contributed by atoms with Crippen LogP contribution in [0.3, 0.4) is 0 Å². The molecule has 0 aliphatic heterocycles. The fraction of sp³-hybridized carbons (Fsp3) is 0.312. The molecule has 0 unspecified atom stereocenters. The van der Waals surface area contributed by atoms with Gasteiger partial charge in [0.1, 0.15) is 0 Å². The Labute approximate surface area is 146 Å². The Morgan fingerprint density at radius 3 is 2.60 bits per heavy atom. The normalized spacial score (nSPS) is 12.3. The Bertz CT molecular complexity index is 743. The molecule has 0 atom stereocenters.